The predicted octanol–water partition coefficient (Wildman–Crippen LogP) is 8.01. The van der Waals surface area contributed by atoms with E-state index in [1.54, 1.807) is 116 Å². The lowest BCUT2D eigenvalue weighted by molar-refractivity contribution is 0.184. The largest absolute Gasteiger partial charge is 0.0530 e. The van der Waals surface area contributed by atoms with Crippen LogP contribution in [0.5, 0.6) is 0 Å². The lowest BCUT2D eigenvalue weighted by Crippen LogP contribution is -2.22. The molecule has 0 aliphatic heterocycles. The maximum Gasteiger partial charge on any atom is -0.0355 e. The maximum absolute atomic E-state index is 1.62. The summed E-state index contributed by atoms with van der Waals surface area (Å²) in [5.41, 5.74) is 0. The lowest BCUT2D eigenvalue weighted by atomic mass is 9.73. The van der Waals surface area contributed by atoms with Crippen LogP contribution in [-0.2, 0) is 0 Å². The normalized spacial score (nSPS) is 49.8. The van der Waals surface area contributed by atoms with Crippen LogP contribution in [-0.4, -0.2) is 0 Å². The molecule has 148 valence electrons. The standard InChI is InChI=1S/2C13H22/c2*1-3-7-12-10(5-1)9-11-6-2-4-8-13(11)12/h2*10-13H,1-9H2. The van der Waals surface area contributed by atoms with Gasteiger partial charge in [-0.1, -0.05) is 77.0 Å². The smallest absolute Gasteiger partial charge is 0.0355 e. The van der Waals surface area contributed by atoms with Gasteiger partial charge in [-0.25, -0.2) is 0 Å². The molecule has 0 nitrogen and oxygen atoms in total. The van der Waals surface area contributed by atoms with Gasteiger partial charge < -0.3 is 0 Å². The summed E-state index contributed by atoms with van der Waals surface area (Å²) in [6.45, 7) is 0. The summed E-state index contributed by atoms with van der Waals surface area (Å²) in [6.07, 6.45) is 28.3. The SMILES string of the molecule is C1CCC2C(C1)CC1CCCCC12.C1CCC2C(C1)CC1CCCCC12. The Morgan fingerprint density at radius 1 is 0.269 bits per heavy atom. The Morgan fingerprint density at radius 3 is 0.769 bits per heavy atom. The van der Waals surface area contributed by atoms with E-state index in [-0.39, 0.29) is 0 Å². The molecule has 6 saturated carbocycles. The van der Waals surface area contributed by atoms with Gasteiger partial charge in [-0.15, -0.1) is 0 Å². The second-order valence-electron chi connectivity index (χ2n) is 11.3. The summed E-state index contributed by atoms with van der Waals surface area (Å²) in [4.78, 5) is 0. The van der Waals surface area contributed by atoms with Gasteiger partial charge in [-0.05, 0) is 85.9 Å². The molecule has 0 heterocycles. The molecule has 8 unspecified atom stereocenters. The molecule has 0 bridgehead atoms. The zero-order valence-electron chi connectivity index (χ0n) is 17.3. The molecule has 0 amide bonds. The molecule has 0 saturated heterocycles. The van der Waals surface area contributed by atoms with E-state index < -0.39 is 0 Å². The van der Waals surface area contributed by atoms with Crippen molar-refractivity contribution in [1.29, 1.82) is 0 Å². The zero-order valence-corrected chi connectivity index (χ0v) is 17.3. The van der Waals surface area contributed by atoms with Gasteiger partial charge in [0.25, 0.3) is 0 Å². The Balaban J connectivity index is 0.000000115. The molecular formula is C26H44. The Kier molecular flexibility index (Phi) is 5.67. The van der Waals surface area contributed by atoms with Crippen LogP contribution in [0.4, 0.5) is 0 Å². The average molecular weight is 357 g/mol. The summed E-state index contributed by atoms with van der Waals surface area (Å²) in [7, 11) is 0. The van der Waals surface area contributed by atoms with Crippen molar-refractivity contribution in [2.45, 2.75) is 116 Å². The quantitative estimate of drug-likeness (QED) is 0.412. The molecule has 0 N–H and O–H groups in total. The molecule has 0 spiro atoms. The van der Waals surface area contributed by atoms with Gasteiger partial charge in [-0.2, -0.15) is 0 Å². The van der Waals surface area contributed by atoms with Gasteiger partial charge in [0.15, 0.2) is 0 Å². The Morgan fingerprint density at radius 2 is 0.500 bits per heavy atom. The van der Waals surface area contributed by atoms with E-state index in [0.717, 1.165) is 0 Å². The van der Waals surface area contributed by atoms with Crippen LogP contribution in [0.2, 0.25) is 0 Å². The van der Waals surface area contributed by atoms with Crippen molar-refractivity contribution in [3.05, 3.63) is 0 Å². The van der Waals surface area contributed by atoms with Gasteiger partial charge in [0.2, 0.25) is 0 Å². The van der Waals surface area contributed by atoms with Gasteiger partial charge >= 0.3 is 0 Å². The summed E-state index contributed by atoms with van der Waals surface area (Å²) in [5.74, 6) is 9.39. The van der Waals surface area contributed by atoms with Crippen LogP contribution in [0, 0.1) is 47.3 Å². The van der Waals surface area contributed by atoms with E-state index in [0.29, 0.717) is 0 Å². The van der Waals surface area contributed by atoms with Gasteiger partial charge in [0.05, 0.1) is 0 Å². The molecule has 6 aliphatic carbocycles. The van der Waals surface area contributed by atoms with Crippen molar-refractivity contribution >= 4 is 0 Å². The first-order valence-corrected chi connectivity index (χ1v) is 12.9. The Bertz CT molecular complexity index is 371. The third kappa shape index (κ3) is 3.53. The highest BCUT2D eigenvalue weighted by Gasteiger charge is 2.45. The monoisotopic (exact) mass is 356 g/mol. The van der Waals surface area contributed by atoms with Crippen LogP contribution in [0.15, 0.2) is 0 Å². The number of hydrogen-bond acceptors (Lipinski definition) is 0. The fraction of sp³-hybridized carbons (Fsp3) is 1.00. The molecule has 6 rings (SSSR count). The molecule has 0 heteroatoms. The van der Waals surface area contributed by atoms with E-state index in [4.69, 9.17) is 0 Å². The summed E-state index contributed by atoms with van der Waals surface area (Å²) in [5, 5.41) is 0. The molecule has 0 aromatic rings. The van der Waals surface area contributed by atoms with Crippen molar-refractivity contribution in [2.75, 3.05) is 0 Å². The van der Waals surface area contributed by atoms with Crippen LogP contribution >= 0.6 is 0 Å². The minimum absolute atomic E-state index is 1.17. The molecule has 0 radical (unpaired) electrons. The van der Waals surface area contributed by atoms with Crippen molar-refractivity contribution in [1.82, 2.24) is 0 Å². The van der Waals surface area contributed by atoms with E-state index in [2.05, 4.69) is 0 Å². The molecular weight excluding hydrogens is 312 g/mol. The maximum atomic E-state index is 1.62. The first kappa shape index (κ1) is 18.1. The van der Waals surface area contributed by atoms with E-state index in [9.17, 15) is 0 Å². The molecule has 0 aromatic heterocycles. The molecule has 8 atom stereocenters. The van der Waals surface area contributed by atoms with Gasteiger partial charge in [-0.3, -0.25) is 0 Å². The van der Waals surface area contributed by atoms with Crippen LogP contribution in [0.1, 0.15) is 116 Å². The summed E-state index contributed by atoms with van der Waals surface area (Å²) >= 11 is 0. The fourth-order valence-electron chi connectivity index (χ4n) is 9.15. The predicted molar refractivity (Wildman–Crippen MR) is 111 cm³/mol. The second-order valence-corrected chi connectivity index (χ2v) is 11.3. The lowest BCUT2D eigenvalue weighted by Gasteiger charge is -2.32. The zero-order chi connectivity index (χ0) is 17.3. The van der Waals surface area contributed by atoms with E-state index >= 15 is 0 Å². The van der Waals surface area contributed by atoms with Crippen molar-refractivity contribution in [2.24, 2.45) is 47.3 Å². The third-order valence-electron chi connectivity index (χ3n) is 10.2. The summed E-state index contributed by atoms with van der Waals surface area (Å²) < 4.78 is 0. The summed E-state index contributed by atoms with van der Waals surface area (Å²) in [6, 6.07) is 0. The number of rotatable bonds is 0. The van der Waals surface area contributed by atoms with Crippen molar-refractivity contribution in [3.63, 3.8) is 0 Å². The highest BCUT2D eigenvalue weighted by Crippen LogP contribution is 2.55. The second kappa shape index (κ2) is 8.16. The van der Waals surface area contributed by atoms with E-state index in [1.165, 1.54) is 47.3 Å². The van der Waals surface area contributed by atoms with Gasteiger partial charge in [0.1, 0.15) is 0 Å². The molecule has 0 aromatic carbocycles. The highest BCUT2D eigenvalue weighted by atomic mass is 14.5. The van der Waals surface area contributed by atoms with Crippen LogP contribution in [0.25, 0.3) is 0 Å². The minimum atomic E-state index is 1.17. The topological polar surface area (TPSA) is 0 Å². The Hall–Kier alpha value is 0. The van der Waals surface area contributed by atoms with Gasteiger partial charge in [0, 0.05) is 0 Å². The molecule has 6 fully saturated rings. The average Bonchev–Trinajstić information content (AvgIpc) is 3.27. The van der Waals surface area contributed by atoms with Crippen molar-refractivity contribution in [3.8, 4) is 0 Å². The highest BCUT2D eigenvalue weighted by molar-refractivity contribution is 4.95. The molecule has 26 heavy (non-hydrogen) atoms. The van der Waals surface area contributed by atoms with Crippen LogP contribution in [0.3, 0.4) is 0 Å². The third-order valence-corrected chi connectivity index (χ3v) is 10.2. The first-order valence-electron chi connectivity index (χ1n) is 12.9. The van der Waals surface area contributed by atoms with Crippen molar-refractivity contribution < 1.29 is 0 Å². The number of hydrogen-bond donors (Lipinski definition) is 0. The molecule has 6 aliphatic rings. The van der Waals surface area contributed by atoms with E-state index in [1.807, 2.05) is 0 Å². The first-order chi connectivity index (χ1) is 12.9. The van der Waals surface area contributed by atoms with Crippen LogP contribution < -0.4 is 0 Å². The Labute approximate surface area is 163 Å². The minimum Gasteiger partial charge on any atom is -0.0530 e. The number of fused-ring (bicyclic) bond motifs is 6. The fourth-order valence-corrected chi connectivity index (χ4v) is 9.15.